The number of benzene rings is 6. The van der Waals surface area contributed by atoms with Gasteiger partial charge in [-0.2, -0.15) is 0 Å². The summed E-state index contributed by atoms with van der Waals surface area (Å²) in [7, 11) is 0. The van der Waals surface area contributed by atoms with Gasteiger partial charge in [0.1, 0.15) is 0 Å². The number of nitrogens with zero attached hydrogens (tertiary/aromatic N) is 3. The predicted octanol–water partition coefficient (Wildman–Crippen LogP) is 11.8. The molecule has 1 saturated carbocycles. The maximum absolute atomic E-state index is 9.88. The van der Waals surface area contributed by atoms with E-state index in [0.29, 0.717) is 34.2 Å². The van der Waals surface area contributed by atoms with Crippen LogP contribution in [0.2, 0.25) is 0 Å². The number of fused-ring (bicyclic) bond motifs is 5. The molecule has 6 aromatic carbocycles. The zero-order valence-electron chi connectivity index (χ0n) is 37.0. The molecular weight excluding hydrogens is 647 g/mol. The Balaban J connectivity index is 1.07. The molecule has 2 fully saturated rings. The van der Waals surface area contributed by atoms with Crippen molar-refractivity contribution in [2.75, 3.05) is 13.2 Å². The number of ether oxygens (including phenoxy) is 1. The molecule has 0 N–H and O–H groups in total. The van der Waals surface area contributed by atoms with Crippen molar-refractivity contribution in [3.63, 3.8) is 0 Å². The molecule has 10 rings (SSSR count). The quantitative estimate of drug-likeness (QED) is 0.180. The summed E-state index contributed by atoms with van der Waals surface area (Å²) in [5.41, 5.74) is 4.63. The molecule has 4 heteroatoms. The third kappa shape index (κ3) is 5.69. The molecule has 7 aromatic rings. The van der Waals surface area contributed by atoms with Crippen molar-refractivity contribution in [1.82, 2.24) is 15.0 Å². The highest BCUT2D eigenvalue weighted by atomic mass is 16.5. The topological polar surface area (TPSA) is 47.9 Å². The molecule has 1 aliphatic heterocycles. The third-order valence-corrected chi connectivity index (χ3v) is 10.7. The Kier molecular flexibility index (Phi) is 6.04. The fourth-order valence-corrected chi connectivity index (χ4v) is 7.93. The molecule has 1 aromatic heterocycles. The van der Waals surface area contributed by atoms with Gasteiger partial charge in [-0.1, -0.05) is 133 Å². The molecule has 2 heterocycles. The fourth-order valence-electron chi connectivity index (χ4n) is 7.93. The van der Waals surface area contributed by atoms with Crippen LogP contribution in [0, 0.1) is 5.41 Å². The van der Waals surface area contributed by atoms with Crippen LogP contribution >= 0.6 is 0 Å². The summed E-state index contributed by atoms with van der Waals surface area (Å²) in [6.07, 6.45) is -10.5. The van der Waals surface area contributed by atoms with Crippen molar-refractivity contribution in [3.8, 4) is 67.5 Å². The van der Waals surface area contributed by atoms with Gasteiger partial charge in [-0.3, -0.25) is 0 Å². The van der Waals surface area contributed by atoms with Crippen LogP contribution in [0.3, 0.4) is 0 Å². The highest BCUT2D eigenvalue weighted by Crippen LogP contribution is 2.60. The fraction of sp³-hybridized carbons (Fsp3) is 0.204. The Bertz CT molecular complexity index is 2740. The first kappa shape index (κ1) is 24.5. The zero-order chi connectivity index (χ0) is 42.4. The molecule has 2 spiro atoms. The first-order chi connectivity index (χ1) is 29.2. The Morgan fingerprint density at radius 1 is 0.415 bits per heavy atom. The SMILES string of the molecule is [2H]C1([2H])COCC([2H])([2H])C12CC([2H])([2H])C1(c3ccccc3-c3ccc(-c4cccc(-c5cccc(-c6nc(-c7ccccc7)nc(-c7ccccc7)n6)c5)c4)cc31)C([2H])([2H])C2. The lowest BCUT2D eigenvalue weighted by atomic mass is 9.58. The van der Waals surface area contributed by atoms with E-state index in [-0.39, 0.29) is 0 Å². The highest BCUT2D eigenvalue weighted by molar-refractivity contribution is 5.85. The molecule has 0 unspecified atom stereocenters. The molecule has 3 aliphatic rings. The van der Waals surface area contributed by atoms with Gasteiger partial charge in [0.15, 0.2) is 17.5 Å². The molecule has 1 saturated heterocycles. The van der Waals surface area contributed by atoms with E-state index in [1.54, 1.807) is 12.1 Å². The summed E-state index contributed by atoms with van der Waals surface area (Å²) in [5, 5.41) is 0. The van der Waals surface area contributed by atoms with Crippen LogP contribution in [0.1, 0.15) is 60.4 Å². The highest BCUT2D eigenvalue weighted by Gasteiger charge is 2.49. The van der Waals surface area contributed by atoms with Crippen molar-refractivity contribution < 1.29 is 15.7 Å². The molecule has 4 nitrogen and oxygen atoms in total. The van der Waals surface area contributed by atoms with E-state index in [0.717, 1.165) is 44.5 Å². The van der Waals surface area contributed by atoms with Gasteiger partial charge in [0, 0.05) is 46.3 Å². The van der Waals surface area contributed by atoms with Crippen LogP contribution in [-0.4, -0.2) is 28.2 Å². The van der Waals surface area contributed by atoms with E-state index in [1.165, 1.54) is 0 Å². The Labute approximate surface area is 322 Å². The number of rotatable bonds is 5. The normalized spacial score (nSPS) is 22.7. The molecule has 0 radical (unpaired) electrons. The van der Waals surface area contributed by atoms with Gasteiger partial charge in [0.2, 0.25) is 0 Å². The smallest absolute Gasteiger partial charge is 0.164 e. The second-order valence-corrected chi connectivity index (χ2v) is 13.9. The van der Waals surface area contributed by atoms with Crippen LogP contribution in [0.25, 0.3) is 67.5 Å². The van der Waals surface area contributed by atoms with E-state index < -0.39 is 62.4 Å². The van der Waals surface area contributed by atoms with E-state index in [9.17, 15) is 5.48 Å². The molecule has 0 amide bonds. The summed E-state index contributed by atoms with van der Waals surface area (Å²) < 4.78 is 80.8. The molecule has 53 heavy (non-hydrogen) atoms. The van der Waals surface area contributed by atoms with Crippen molar-refractivity contribution in [3.05, 3.63) is 163 Å². The third-order valence-electron chi connectivity index (χ3n) is 10.7. The number of aromatic nitrogens is 3. The van der Waals surface area contributed by atoms with E-state index in [4.69, 9.17) is 25.2 Å². The van der Waals surface area contributed by atoms with Gasteiger partial charge in [-0.15, -0.1) is 0 Å². The van der Waals surface area contributed by atoms with E-state index >= 15 is 0 Å². The second-order valence-electron chi connectivity index (χ2n) is 13.9. The van der Waals surface area contributed by atoms with Crippen molar-refractivity contribution in [1.29, 1.82) is 0 Å². The van der Waals surface area contributed by atoms with Crippen molar-refractivity contribution in [2.45, 2.75) is 43.7 Å². The minimum atomic E-state index is -2.41. The van der Waals surface area contributed by atoms with Gasteiger partial charge in [0.25, 0.3) is 0 Å². The maximum atomic E-state index is 9.88. The molecule has 0 bridgehead atoms. The number of hydrogen-bond donors (Lipinski definition) is 0. The first-order valence-electron chi connectivity index (χ1n) is 22.1. The predicted molar refractivity (Wildman–Crippen MR) is 214 cm³/mol. The van der Waals surface area contributed by atoms with Gasteiger partial charge < -0.3 is 4.74 Å². The lowest BCUT2D eigenvalue weighted by Crippen LogP contribution is -2.40. The van der Waals surface area contributed by atoms with E-state index in [2.05, 4.69) is 12.1 Å². The minimum Gasteiger partial charge on any atom is -0.381 e. The monoisotopic (exact) mass is 695 g/mol. The molecule has 2 aliphatic carbocycles. The van der Waals surface area contributed by atoms with Crippen LogP contribution in [-0.2, 0) is 10.2 Å². The Morgan fingerprint density at radius 2 is 0.887 bits per heavy atom. The number of hydrogen-bond acceptors (Lipinski definition) is 4. The van der Waals surface area contributed by atoms with Crippen molar-refractivity contribution >= 4 is 0 Å². The maximum Gasteiger partial charge on any atom is 0.164 e. The van der Waals surface area contributed by atoms with Crippen LogP contribution in [0.4, 0.5) is 0 Å². The van der Waals surface area contributed by atoms with Gasteiger partial charge in [-0.05, 0) is 106 Å². The van der Waals surface area contributed by atoms with Gasteiger partial charge in [0.05, 0.1) is 0 Å². The minimum absolute atomic E-state index is 0.429. The molecule has 258 valence electrons. The Hall–Kier alpha value is -5.71. The lowest BCUT2D eigenvalue weighted by Gasteiger charge is -2.48. The first-order valence-corrected chi connectivity index (χ1v) is 18.1. The standard InChI is InChI=1S/C49H41N3O/c1-3-11-34(12-4-1)45-50-46(35-13-5-2-6-14-35)52-47(51-45)40-18-10-17-38(32-40)36-15-9-16-37(31-36)39-21-22-42-41-19-7-8-20-43(41)49(44(42)33-39)25-23-48(24-26-49)27-29-53-30-28-48/h1-22,31-33H,23-30H2/i25D2,26D2,27D2,28D2. The summed E-state index contributed by atoms with van der Waals surface area (Å²) >= 11 is 0. The summed E-state index contributed by atoms with van der Waals surface area (Å²) in [6, 6.07) is 48.9. The molecular formula is C49H41N3O. The average Bonchev–Trinajstić information content (AvgIpc) is 3.57. The van der Waals surface area contributed by atoms with E-state index in [1.807, 2.05) is 127 Å². The second kappa shape index (κ2) is 13.1. The summed E-state index contributed by atoms with van der Waals surface area (Å²) in [4.78, 5) is 14.7. The molecule has 0 atom stereocenters. The largest absolute Gasteiger partial charge is 0.381 e. The van der Waals surface area contributed by atoms with Crippen LogP contribution in [0.5, 0.6) is 0 Å². The lowest BCUT2D eigenvalue weighted by molar-refractivity contribution is -0.0134. The summed E-state index contributed by atoms with van der Waals surface area (Å²) in [5.74, 6) is 1.68. The van der Waals surface area contributed by atoms with Crippen LogP contribution < -0.4 is 0 Å². The van der Waals surface area contributed by atoms with Crippen LogP contribution in [0.15, 0.2) is 152 Å². The van der Waals surface area contributed by atoms with Gasteiger partial charge in [-0.25, -0.2) is 15.0 Å². The van der Waals surface area contributed by atoms with Gasteiger partial charge >= 0.3 is 0 Å². The Morgan fingerprint density at radius 3 is 1.51 bits per heavy atom. The van der Waals surface area contributed by atoms with Crippen molar-refractivity contribution in [2.24, 2.45) is 5.41 Å². The average molecular weight is 696 g/mol. The summed E-state index contributed by atoms with van der Waals surface area (Å²) in [6.45, 7) is -0.859. The zero-order valence-corrected chi connectivity index (χ0v) is 29.0.